The fourth-order valence-corrected chi connectivity index (χ4v) is 4.07. The summed E-state index contributed by atoms with van der Waals surface area (Å²) in [4.78, 5) is 19.8. The van der Waals surface area contributed by atoms with Gasteiger partial charge >= 0.3 is 0 Å². The lowest BCUT2D eigenvalue weighted by molar-refractivity contribution is -0.133. The van der Waals surface area contributed by atoms with Crippen LogP contribution >= 0.6 is 0 Å². The van der Waals surface area contributed by atoms with Crippen molar-refractivity contribution >= 4 is 5.91 Å². The van der Waals surface area contributed by atoms with Gasteiger partial charge in [-0.25, -0.2) is 0 Å². The summed E-state index contributed by atoms with van der Waals surface area (Å²) in [5, 5.41) is 7.92. The van der Waals surface area contributed by atoms with E-state index in [1.165, 1.54) is 0 Å². The van der Waals surface area contributed by atoms with Crippen LogP contribution in [0.2, 0.25) is 0 Å². The molecule has 1 atom stereocenters. The highest BCUT2D eigenvalue weighted by Gasteiger charge is 2.22. The lowest BCUT2D eigenvalue weighted by Gasteiger charge is -2.26. The number of rotatable bonds is 7. The third-order valence-corrected chi connectivity index (χ3v) is 5.62. The molecule has 1 saturated heterocycles. The van der Waals surface area contributed by atoms with Gasteiger partial charge in [0.05, 0.1) is 12.2 Å². The van der Waals surface area contributed by atoms with Crippen molar-refractivity contribution in [2.45, 2.75) is 45.3 Å². The zero-order valence-electron chi connectivity index (χ0n) is 17.5. The van der Waals surface area contributed by atoms with E-state index in [0.29, 0.717) is 19.0 Å². The molecular weight excluding hydrogens is 374 g/mol. The minimum absolute atomic E-state index is 0.0517. The maximum absolute atomic E-state index is 13.4. The molecule has 1 unspecified atom stereocenters. The van der Waals surface area contributed by atoms with Gasteiger partial charge in [-0.2, -0.15) is 5.10 Å². The number of carbonyl (C=O) groups excluding carboxylic acids is 1. The van der Waals surface area contributed by atoms with E-state index in [-0.39, 0.29) is 12.5 Å². The number of nitrogens with zero attached hydrogens (tertiary/aromatic N) is 4. The molecule has 4 rings (SSSR count). The van der Waals surface area contributed by atoms with Gasteiger partial charge < -0.3 is 10.2 Å². The van der Waals surface area contributed by atoms with Crippen LogP contribution < -0.4 is 5.32 Å². The van der Waals surface area contributed by atoms with Crippen LogP contribution in [-0.2, 0) is 24.4 Å². The first kappa shape index (κ1) is 20.3. The maximum Gasteiger partial charge on any atom is 0.244 e. The molecule has 1 aliphatic rings. The van der Waals surface area contributed by atoms with Crippen molar-refractivity contribution in [3.8, 4) is 0 Å². The normalized spacial score (nSPS) is 16.4. The number of aryl methyl sites for hydroxylation is 1. The number of amides is 1. The van der Waals surface area contributed by atoms with Crippen LogP contribution in [0.15, 0.2) is 60.8 Å². The summed E-state index contributed by atoms with van der Waals surface area (Å²) in [5.41, 5.74) is 4.11. The molecule has 1 aliphatic heterocycles. The molecule has 6 nitrogen and oxygen atoms in total. The van der Waals surface area contributed by atoms with Crippen molar-refractivity contribution in [1.82, 2.24) is 25.0 Å². The van der Waals surface area contributed by atoms with Crippen molar-refractivity contribution in [1.29, 1.82) is 0 Å². The molecule has 0 radical (unpaired) electrons. The number of nitrogens with one attached hydrogen (secondary N) is 1. The van der Waals surface area contributed by atoms with Gasteiger partial charge in [-0.1, -0.05) is 36.4 Å². The Morgan fingerprint density at radius 3 is 2.77 bits per heavy atom. The van der Waals surface area contributed by atoms with Crippen LogP contribution in [-0.4, -0.2) is 38.7 Å². The Balaban J connectivity index is 1.52. The molecule has 3 aromatic rings. The Morgan fingerprint density at radius 2 is 2.00 bits per heavy atom. The zero-order valence-corrected chi connectivity index (χ0v) is 17.5. The Kier molecular flexibility index (Phi) is 6.54. The zero-order chi connectivity index (χ0) is 20.8. The Morgan fingerprint density at radius 1 is 1.13 bits per heavy atom. The molecular formula is C24H29N5O. The summed E-state index contributed by atoms with van der Waals surface area (Å²) < 4.78 is 1.88. The van der Waals surface area contributed by atoms with Crippen molar-refractivity contribution in [3.05, 3.63) is 83.4 Å². The fraction of sp³-hybridized carbons (Fsp3) is 0.375. The van der Waals surface area contributed by atoms with Gasteiger partial charge in [0.25, 0.3) is 0 Å². The van der Waals surface area contributed by atoms with Gasteiger partial charge in [0.15, 0.2) is 0 Å². The van der Waals surface area contributed by atoms with Gasteiger partial charge in [-0.15, -0.1) is 0 Å². The summed E-state index contributed by atoms with van der Waals surface area (Å²) in [6, 6.07) is 18.1. The number of pyridine rings is 1. The molecule has 156 valence electrons. The standard InChI is InChI=1S/C24H29N5O/c1-19-7-5-11-22(27-19)17-28(16-20-8-3-2-4-9-20)24(30)18-29-23(12-14-26-29)21-10-6-13-25-15-21/h2-5,7-9,11-12,14,21,25H,6,10,13,15-18H2,1H3. The lowest BCUT2D eigenvalue weighted by atomic mass is 9.96. The Labute approximate surface area is 177 Å². The van der Waals surface area contributed by atoms with Crippen molar-refractivity contribution in [3.63, 3.8) is 0 Å². The third-order valence-electron chi connectivity index (χ3n) is 5.62. The van der Waals surface area contributed by atoms with E-state index in [2.05, 4.69) is 33.6 Å². The highest BCUT2D eigenvalue weighted by molar-refractivity contribution is 5.76. The number of hydrogen-bond donors (Lipinski definition) is 1. The van der Waals surface area contributed by atoms with Crippen LogP contribution in [0.1, 0.15) is 41.4 Å². The topological polar surface area (TPSA) is 63.1 Å². The second-order valence-electron chi connectivity index (χ2n) is 7.96. The van der Waals surface area contributed by atoms with E-state index in [1.54, 1.807) is 6.20 Å². The Bertz CT molecular complexity index is 962. The average molecular weight is 404 g/mol. The number of carbonyl (C=O) groups is 1. The first-order valence-corrected chi connectivity index (χ1v) is 10.7. The monoisotopic (exact) mass is 403 g/mol. The van der Waals surface area contributed by atoms with Gasteiger partial charge in [-0.05, 0) is 50.1 Å². The summed E-state index contributed by atoms with van der Waals surface area (Å²) in [6.45, 7) is 5.27. The molecule has 30 heavy (non-hydrogen) atoms. The summed E-state index contributed by atoms with van der Waals surface area (Å²) in [5.74, 6) is 0.464. The van der Waals surface area contributed by atoms with E-state index in [0.717, 1.165) is 48.6 Å². The van der Waals surface area contributed by atoms with Crippen LogP contribution in [0, 0.1) is 6.92 Å². The van der Waals surface area contributed by atoms with Crippen LogP contribution in [0.3, 0.4) is 0 Å². The molecule has 1 amide bonds. The third kappa shape index (κ3) is 5.13. The number of benzene rings is 1. The molecule has 0 aliphatic carbocycles. The minimum Gasteiger partial charge on any atom is -0.331 e. The van der Waals surface area contributed by atoms with E-state index in [1.807, 2.05) is 52.9 Å². The highest BCUT2D eigenvalue weighted by atomic mass is 16.2. The predicted octanol–water partition coefficient (Wildman–Crippen LogP) is 3.28. The van der Waals surface area contributed by atoms with Gasteiger partial charge in [0, 0.05) is 36.6 Å². The highest BCUT2D eigenvalue weighted by Crippen LogP contribution is 2.23. The van der Waals surface area contributed by atoms with Crippen LogP contribution in [0.5, 0.6) is 0 Å². The minimum atomic E-state index is 0.0517. The molecule has 6 heteroatoms. The first-order chi connectivity index (χ1) is 14.7. The van der Waals surface area contributed by atoms with E-state index in [9.17, 15) is 4.79 Å². The van der Waals surface area contributed by atoms with E-state index >= 15 is 0 Å². The molecule has 1 fully saturated rings. The van der Waals surface area contributed by atoms with E-state index < -0.39 is 0 Å². The Hall–Kier alpha value is -2.99. The van der Waals surface area contributed by atoms with Crippen LogP contribution in [0.25, 0.3) is 0 Å². The molecule has 0 bridgehead atoms. The summed E-state index contributed by atoms with van der Waals surface area (Å²) in [6.07, 6.45) is 4.09. The lowest BCUT2D eigenvalue weighted by Crippen LogP contribution is -2.35. The molecule has 0 spiro atoms. The number of hydrogen-bond acceptors (Lipinski definition) is 4. The SMILES string of the molecule is Cc1cccc(CN(Cc2ccccc2)C(=O)Cn2nccc2C2CCCNC2)n1. The summed E-state index contributed by atoms with van der Waals surface area (Å²) >= 11 is 0. The van der Waals surface area contributed by atoms with Crippen molar-refractivity contribution < 1.29 is 4.79 Å². The fourth-order valence-electron chi connectivity index (χ4n) is 4.07. The average Bonchev–Trinajstić information content (AvgIpc) is 3.23. The quantitative estimate of drug-likeness (QED) is 0.658. The summed E-state index contributed by atoms with van der Waals surface area (Å²) in [7, 11) is 0. The molecule has 2 aromatic heterocycles. The molecule has 0 saturated carbocycles. The molecule has 3 heterocycles. The number of aromatic nitrogens is 3. The first-order valence-electron chi connectivity index (χ1n) is 10.7. The second kappa shape index (κ2) is 9.67. The van der Waals surface area contributed by atoms with Gasteiger partial charge in [0.2, 0.25) is 5.91 Å². The predicted molar refractivity (Wildman–Crippen MR) is 117 cm³/mol. The number of piperidine rings is 1. The van der Waals surface area contributed by atoms with Gasteiger partial charge in [0.1, 0.15) is 6.54 Å². The smallest absolute Gasteiger partial charge is 0.244 e. The van der Waals surface area contributed by atoms with Gasteiger partial charge in [-0.3, -0.25) is 14.5 Å². The van der Waals surface area contributed by atoms with Crippen LogP contribution in [0.4, 0.5) is 0 Å². The largest absolute Gasteiger partial charge is 0.331 e. The van der Waals surface area contributed by atoms with E-state index in [4.69, 9.17) is 0 Å². The maximum atomic E-state index is 13.4. The van der Waals surface area contributed by atoms with Crippen molar-refractivity contribution in [2.75, 3.05) is 13.1 Å². The van der Waals surface area contributed by atoms with Crippen molar-refractivity contribution in [2.24, 2.45) is 0 Å². The molecule has 1 aromatic carbocycles. The molecule has 1 N–H and O–H groups in total. The second-order valence-corrected chi connectivity index (χ2v) is 7.96.